The standard InChI is InChI=1S/C14H14F3NO3/c15-8-5-9(16)11(10(17)6-8)12(19)18-7-14(13(20)21)3-1-2-4-14/h5-6H,1-4,7H2,(H,18,19)(H,20,21). The summed E-state index contributed by atoms with van der Waals surface area (Å²) in [7, 11) is 0. The molecule has 0 atom stereocenters. The number of carbonyl (C=O) groups excluding carboxylic acids is 1. The van der Waals surface area contributed by atoms with Gasteiger partial charge in [0.15, 0.2) is 0 Å². The molecule has 0 aromatic heterocycles. The normalized spacial score (nSPS) is 16.7. The Balaban J connectivity index is 2.14. The Bertz CT molecular complexity index is 560. The molecule has 0 aliphatic heterocycles. The Morgan fingerprint density at radius 3 is 2.14 bits per heavy atom. The summed E-state index contributed by atoms with van der Waals surface area (Å²) in [6, 6.07) is 0.807. The van der Waals surface area contributed by atoms with Crippen molar-refractivity contribution < 1.29 is 27.9 Å². The highest BCUT2D eigenvalue weighted by molar-refractivity contribution is 5.95. The summed E-state index contributed by atoms with van der Waals surface area (Å²) >= 11 is 0. The average molecular weight is 301 g/mol. The van der Waals surface area contributed by atoms with Crippen LogP contribution in [-0.4, -0.2) is 23.5 Å². The zero-order valence-electron chi connectivity index (χ0n) is 11.1. The molecule has 2 rings (SSSR count). The van der Waals surface area contributed by atoms with E-state index in [2.05, 4.69) is 5.32 Å². The third-order valence-electron chi connectivity index (χ3n) is 3.84. The molecule has 114 valence electrons. The van der Waals surface area contributed by atoms with Gasteiger partial charge in [-0.2, -0.15) is 0 Å². The number of amides is 1. The average Bonchev–Trinajstić information content (AvgIpc) is 2.85. The van der Waals surface area contributed by atoms with Crippen LogP contribution < -0.4 is 5.32 Å². The van der Waals surface area contributed by atoms with E-state index in [-0.39, 0.29) is 6.54 Å². The van der Waals surface area contributed by atoms with Crippen molar-refractivity contribution in [3.05, 3.63) is 35.1 Å². The molecule has 1 amide bonds. The van der Waals surface area contributed by atoms with E-state index in [0.29, 0.717) is 25.0 Å². The maximum atomic E-state index is 13.5. The van der Waals surface area contributed by atoms with E-state index >= 15 is 0 Å². The highest BCUT2D eigenvalue weighted by atomic mass is 19.1. The van der Waals surface area contributed by atoms with E-state index in [4.69, 9.17) is 0 Å². The van der Waals surface area contributed by atoms with Gasteiger partial charge in [0.1, 0.15) is 23.0 Å². The third-order valence-corrected chi connectivity index (χ3v) is 3.84. The van der Waals surface area contributed by atoms with Crippen molar-refractivity contribution in [2.24, 2.45) is 5.41 Å². The molecular formula is C14H14F3NO3. The molecule has 1 fully saturated rings. The van der Waals surface area contributed by atoms with Crippen molar-refractivity contribution in [1.29, 1.82) is 0 Å². The van der Waals surface area contributed by atoms with E-state index in [1.165, 1.54) is 0 Å². The van der Waals surface area contributed by atoms with E-state index < -0.39 is 40.3 Å². The Labute approximate surface area is 119 Å². The number of nitrogens with one attached hydrogen (secondary N) is 1. The van der Waals surface area contributed by atoms with Crippen LogP contribution in [-0.2, 0) is 4.79 Å². The van der Waals surface area contributed by atoms with Gasteiger partial charge in [-0.25, -0.2) is 13.2 Å². The molecule has 1 aliphatic carbocycles. The first-order chi connectivity index (χ1) is 9.85. The minimum absolute atomic E-state index is 0.211. The van der Waals surface area contributed by atoms with E-state index in [1.807, 2.05) is 0 Å². The summed E-state index contributed by atoms with van der Waals surface area (Å²) in [6.45, 7) is -0.211. The van der Waals surface area contributed by atoms with Crippen molar-refractivity contribution in [2.45, 2.75) is 25.7 Å². The number of hydrogen-bond donors (Lipinski definition) is 2. The molecule has 0 saturated heterocycles. The van der Waals surface area contributed by atoms with Gasteiger partial charge in [-0.05, 0) is 12.8 Å². The number of hydrogen-bond acceptors (Lipinski definition) is 2. The van der Waals surface area contributed by atoms with Gasteiger partial charge in [0.05, 0.1) is 5.41 Å². The van der Waals surface area contributed by atoms with Gasteiger partial charge in [-0.3, -0.25) is 9.59 Å². The number of benzene rings is 1. The van der Waals surface area contributed by atoms with Crippen molar-refractivity contribution in [3.8, 4) is 0 Å². The second kappa shape index (κ2) is 5.75. The van der Waals surface area contributed by atoms with Crippen LogP contribution in [0.2, 0.25) is 0 Å². The Morgan fingerprint density at radius 2 is 1.67 bits per heavy atom. The number of carboxylic acid groups (broad SMARTS) is 1. The summed E-state index contributed by atoms with van der Waals surface area (Å²) in [5.74, 6) is -5.89. The van der Waals surface area contributed by atoms with Crippen LogP contribution in [0.25, 0.3) is 0 Å². The fourth-order valence-electron chi connectivity index (χ4n) is 2.62. The highest BCUT2D eigenvalue weighted by Crippen LogP contribution is 2.37. The molecule has 1 aromatic carbocycles. The lowest BCUT2D eigenvalue weighted by Crippen LogP contribution is -2.41. The van der Waals surface area contributed by atoms with E-state index in [0.717, 1.165) is 12.8 Å². The Kier molecular flexibility index (Phi) is 4.20. The predicted octanol–water partition coefficient (Wildman–Crippen LogP) is 2.48. The quantitative estimate of drug-likeness (QED) is 0.898. The molecule has 2 N–H and O–H groups in total. The van der Waals surface area contributed by atoms with Crippen LogP contribution in [0.5, 0.6) is 0 Å². The number of rotatable bonds is 4. The molecule has 1 aromatic rings. The number of carbonyl (C=O) groups is 2. The molecule has 0 unspecified atom stereocenters. The summed E-state index contributed by atoms with van der Waals surface area (Å²) in [5, 5.41) is 11.5. The lowest BCUT2D eigenvalue weighted by molar-refractivity contribution is -0.148. The third kappa shape index (κ3) is 3.01. The van der Waals surface area contributed by atoms with Crippen molar-refractivity contribution >= 4 is 11.9 Å². The van der Waals surface area contributed by atoms with Crippen LogP contribution >= 0.6 is 0 Å². The first-order valence-electron chi connectivity index (χ1n) is 6.52. The Hall–Kier alpha value is -2.05. The molecule has 0 spiro atoms. The topological polar surface area (TPSA) is 66.4 Å². The van der Waals surface area contributed by atoms with Gasteiger partial charge < -0.3 is 10.4 Å². The Morgan fingerprint density at radius 1 is 1.14 bits per heavy atom. The van der Waals surface area contributed by atoms with Gasteiger partial charge in [0.2, 0.25) is 0 Å². The lowest BCUT2D eigenvalue weighted by atomic mass is 9.86. The summed E-state index contributed by atoms with van der Waals surface area (Å²) in [6.07, 6.45) is 2.25. The smallest absolute Gasteiger partial charge is 0.311 e. The molecule has 0 heterocycles. The van der Waals surface area contributed by atoms with Crippen LogP contribution in [0.1, 0.15) is 36.0 Å². The van der Waals surface area contributed by atoms with Crippen molar-refractivity contribution in [1.82, 2.24) is 5.32 Å². The first kappa shape index (κ1) is 15.3. The van der Waals surface area contributed by atoms with Crippen LogP contribution in [0.15, 0.2) is 12.1 Å². The van der Waals surface area contributed by atoms with Crippen molar-refractivity contribution in [3.63, 3.8) is 0 Å². The molecule has 7 heteroatoms. The predicted molar refractivity (Wildman–Crippen MR) is 67.2 cm³/mol. The molecule has 1 saturated carbocycles. The van der Waals surface area contributed by atoms with E-state index in [1.54, 1.807) is 0 Å². The number of halogens is 3. The summed E-state index contributed by atoms with van der Waals surface area (Å²) in [4.78, 5) is 23.1. The van der Waals surface area contributed by atoms with Gasteiger partial charge in [-0.15, -0.1) is 0 Å². The molecule has 0 bridgehead atoms. The first-order valence-corrected chi connectivity index (χ1v) is 6.52. The van der Waals surface area contributed by atoms with Crippen LogP contribution in [0.4, 0.5) is 13.2 Å². The molecule has 4 nitrogen and oxygen atoms in total. The van der Waals surface area contributed by atoms with Gasteiger partial charge in [0.25, 0.3) is 5.91 Å². The second-order valence-electron chi connectivity index (χ2n) is 5.22. The molecule has 1 aliphatic rings. The van der Waals surface area contributed by atoms with Gasteiger partial charge in [-0.1, -0.05) is 12.8 Å². The SMILES string of the molecule is O=C(NCC1(C(=O)O)CCCC1)c1c(F)cc(F)cc1F. The molecule has 0 radical (unpaired) electrons. The monoisotopic (exact) mass is 301 g/mol. The zero-order valence-corrected chi connectivity index (χ0v) is 11.1. The second-order valence-corrected chi connectivity index (χ2v) is 5.22. The molecular weight excluding hydrogens is 287 g/mol. The lowest BCUT2D eigenvalue weighted by Gasteiger charge is -2.24. The highest BCUT2D eigenvalue weighted by Gasteiger charge is 2.41. The minimum Gasteiger partial charge on any atom is -0.481 e. The van der Waals surface area contributed by atoms with Gasteiger partial charge in [0, 0.05) is 18.7 Å². The minimum atomic E-state index is -1.32. The van der Waals surface area contributed by atoms with Crippen LogP contribution in [0, 0.1) is 22.9 Å². The van der Waals surface area contributed by atoms with E-state index in [9.17, 15) is 27.9 Å². The maximum absolute atomic E-state index is 13.5. The fourth-order valence-corrected chi connectivity index (χ4v) is 2.62. The zero-order chi connectivity index (χ0) is 15.6. The molecule has 21 heavy (non-hydrogen) atoms. The maximum Gasteiger partial charge on any atom is 0.311 e. The van der Waals surface area contributed by atoms with Crippen LogP contribution in [0.3, 0.4) is 0 Å². The summed E-state index contributed by atoms with van der Waals surface area (Å²) in [5.41, 5.74) is -2.00. The van der Waals surface area contributed by atoms with Crippen molar-refractivity contribution in [2.75, 3.05) is 6.54 Å². The number of aliphatic carboxylic acids is 1. The summed E-state index contributed by atoms with van der Waals surface area (Å²) < 4.78 is 39.7. The fraction of sp³-hybridized carbons (Fsp3) is 0.429. The largest absolute Gasteiger partial charge is 0.481 e. The van der Waals surface area contributed by atoms with Gasteiger partial charge >= 0.3 is 5.97 Å². The number of carboxylic acids is 1.